The Kier molecular flexibility index (Phi) is 9.75. The number of piperazine rings is 1. The molecule has 0 saturated carbocycles. The molecule has 1 aliphatic rings. The second-order valence-electron chi connectivity index (χ2n) is 8.91. The minimum Gasteiger partial charge on any atom is -0.457 e. The molecule has 40 heavy (non-hydrogen) atoms. The molecule has 0 bridgehead atoms. The number of hydrogen-bond acceptors (Lipinski definition) is 6. The molecule has 0 radical (unpaired) electrons. The van der Waals surface area contributed by atoms with Crippen LogP contribution in [0, 0.1) is 0 Å². The van der Waals surface area contributed by atoms with Crippen molar-refractivity contribution in [2.75, 3.05) is 44.6 Å². The van der Waals surface area contributed by atoms with Gasteiger partial charge >= 0.3 is 6.18 Å². The zero-order valence-electron chi connectivity index (χ0n) is 21.3. The van der Waals surface area contributed by atoms with Crippen LogP contribution < -0.4 is 20.7 Å². The summed E-state index contributed by atoms with van der Waals surface area (Å²) in [4.78, 5) is 31.2. The maximum Gasteiger partial charge on any atom is 0.417 e. The van der Waals surface area contributed by atoms with Crippen LogP contribution in [0.5, 0.6) is 11.5 Å². The molecule has 1 saturated heterocycles. The van der Waals surface area contributed by atoms with Crippen molar-refractivity contribution in [2.24, 2.45) is 0 Å². The smallest absolute Gasteiger partial charge is 0.417 e. The average Bonchev–Trinajstić information content (AvgIpc) is 2.93. The lowest BCUT2D eigenvalue weighted by molar-refractivity contribution is -0.137. The first kappa shape index (κ1) is 29.1. The van der Waals surface area contributed by atoms with Gasteiger partial charge < -0.3 is 20.7 Å². The van der Waals surface area contributed by atoms with Crippen LogP contribution in [-0.4, -0.2) is 61.0 Å². The largest absolute Gasteiger partial charge is 0.457 e. The summed E-state index contributed by atoms with van der Waals surface area (Å²) < 4.78 is 45.0. The highest BCUT2D eigenvalue weighted by molar-refractivity contribution is 6.31. The molecule has 8 nitrogen and oxygen atoms in total. The van der Waals surface area contributed by atoms with E-state index in [1.807, 2.05) is 0 Å². The van der Waals surface area contributed by atoms with Gasteiger partial charge in [-0.2, -0.15) is 13.2 Å². The van der Waals surface area contributed by atoms with Crippen LogP contribution in [-0.2, 0) is 11.0 Å². The van der Waals surface area contributed by atoms with Crippen LogP contribution in [0.3, 0.4) is 0 Å². The molecule has 3 aromatic rings. The average molecular weight is 574 g/mol. The summed E-state index contributed by atoms with van der Waals surface area (Å²) in [6.07, 6.45) is -0.475. The van der Waals surface area contributed by atoms with Gasteiger partial charge in [-0.1, -0.05) is 23.7 Å². The Morgan fingerprint density at radius 1 is 1.07 bits per heavy atom. The van der Waals surface area contributed by atoms with Crippen molar-refractivity contribution in [3.05, 3.63) is 88.7 Å². The van der Waals surface area contributed by atoms with E-state index in [0.717, 1.165) is 44.9 Å². The van der Waals surface area contributed by atoms with Crippen molar-refractivity contribution in [1.82, 2.24) is 20.5 Å². The van der Waals surface area contributed by atoms with Gasteiger partial charge in [0.15, 0.2) is 0 Å². The first-order valence-electron chi connectivity index (χ1n) is 12.5. The summed E-state index contributed by atoms with van der Waals surface area (Å²) >= 11 is 5.62. The first-order valence-corrected chi connectivity index (χ1v) is 12.9. The summed E-state index contributed by atoms with van der Waals surface area (Å²) in [5.74, 6) is -0.0643. The topological polar surface area (TPSA) is 95.6 Å². The predicted octanol–water partition coefficient (Wildman–Crippen LogP) is 4.83. The highest BCUT2D eigenvalue weighted by atomic mass is 35.5. The van der Waals surface area contributed by atoms with Crippen LogP contribution in [0.1, 0.15) is 21.6 Å². The number of rotatable bonds is 9. The fraction of sp³-hybridized carbons (Fsp3) is 0.250. The number of anilines is 1. The molecular weight excluding hydrogens is 547 g/mol. The zero-order valence-corrected chi connectivity index (χ0v) is 22.1. The van der Waals surface area contributed by atoms with Gasteiger partial charge in [-0.25, -0.2) is 0 Å². The summed E-state index contributed by atoms with van der Waals surface area (Å²) in [6.45, 7) is 5.04. The van der Waals surface area contributed by atoms with Crippen LogP contribution in [0.4, 0.5) is 18.9 Å². The molecule has 3 N–H and O–H groups in total. The molecule has 0 unspecified atom stereocenters. The fourth-order valence-electron chi connectivity index (χ4n) is 3.95. The number of benzene rings is 2. The number of nitrogens with zero attached hydrogens (tertiary/aromatic N) is 2. The number of carbonyl (C=O) groups excluding carboxylic acids is 2. The second kappa shape index (κ2) is 13.4. The third-order valence-corrected chi connectivity index (χ3v) is 6.28. The lowest BCUT2D eigenvalue weighted by atomic mass is 10.2. The molecule has 1 aromatic heterocycles. The lowest BCUT2D eigenvalue weighted by Crippen LogP contribution is -2.46. The van der Waals surface area contributed by atoms with E-state index >= 15 is 0 Å². The summed E-state index contributed by atoms with van der Waals surface area (Å²) in [7, 11) is 0. The lowest BCUT2D eigenvalue weighted by Gasteiger charge is -2.27. The minimum atomic E-state index is -4.64. The third kappa shape index (κ3) is 8.54. The van der Waals surface area contributed by atoms with Crippen molar-refractivity contribution in [3.63, 3.8) is 0 Å². The molecule has 2 aromatic carbocycles. The maximum absolute atomic E-state index is 13.1. The van der Waals surface area contributed by atoms with E-state index in [1.165, 1.54) is 30.5 Å². The minimum absolute atomic E-state index is 0.0372. The normalized spacial score (nSPS) is 14.2. The van der Waals surface area contributed by atoms with E-state index in [2.05, 4.69) is 25.8 Å². The van der Waals surface area contributed by atoms with E-state index in [4.69, 9.17) is 16.3 Å². The number of alkyl halides is 3. The van der Waals surface area contributed by atoms with Crippen molar-refractivity contribution >= 4 is 35.2 Å². The molecular formula is C28H27ClF3N5O3. The molecule has 0 atom stereocenters. The summed E-state index contributed by atoms with van der Waals surface area (Å²) in [5, 5.41) is 8.10. The van der Waals surface area contributed by atoms with Gasteiger partial charge in [-0.05, 0) is 48.0 Å². The van der Waals surface area contributed by atoms with Gasteiger partial charge in [0, 0.05) is 63.3 Å². The second-order valence-corrected chi connectivity index (χ2v) is 9.32. The van der Waals surface area contributed by atoms with Gasteiger partial charge in [0.25, 0.3) is 5.91 Å². The Morgan fingerprint density at radius 2 is 1.85 bits per heavy atom. The van der Waals surface area contributed by atoms with Crippen LogP contribution in [0.2, 0.25) is 5.02 Å². The highest BCUT2D eigenvalue weighted by Crippen LogP contribution is 2.36. The molecule has 1 aliphatic heterocycles. The van der Waals surface area contributed by atoms with Crippen LogP contribution in [0.15, 0.2) is 66.9 Å². The Labute approximate surface area is 234 Å². The fourth-order valence-corrected chi connectivity index (χ4v) is 4.17. The maximum atomic E-state index is 13.1. The standard InChI is InChI=1S/C28H27ClF3N5O3/c29-24-6-5-20(17-23(24)28(30,31)32)36-26(38)7-4-19-2-1-3-21(16-19)40-22-8-9-34-25(18-22)27(39)35-12-15-37-13-10-33-11-14-37/h1-9,16-18,33H,10-15H2,(H,35,39)(H,36,38)/b7-4+. The number of ether oxygens (including phenoxy) is 1. The van der Waals surface area contributed by atoms with E-state index in [-0.39, 0.29) is 17.3 Å². The number of carbonyl (C=O) groups is 2. The number of halogens is 4. The van der Waals surface area contributed by atoms with Crippen molar-refractivity contribution in [3.8, 4) is 11.5 Å². The predicted molar refractivity (Wildman–Crippen MR) is 147 cm³/mol. The molecule has 12 heteroatoms. The Bertz CT molecular complexity index is 1380. The molecule has 1 fully saturated rings. The van der Waals surface area contributed by atoms with E-state index in [9.17, 15) is 22.8 Å². The van der Waals surface area contributed by atoms with E-state index in [1.54, 1.807) is 30.3 Å². The zero-order chi connectivity index (χ0) is 28.5. The molecule has 0 spiro atoms. The van der Waals surface area contributed by atoms with Gasteiger partial charge in [-0.15, -0.1) is 0 Å². The molecule has 0 aliphatic carbocycles. The Balaban J connectivity index is 1.33. The van der Waals surface area contributed by atoms with Gasteiger partial charge in [-0.3, -0.25) is 19.5 Å². The highest BCUT2D eigenvalue weighted by Gasteiger charge is 2.33. The van der Waals surface area contributed by atoms with Crippen molar-refractivity contribution in [2.45, 2.75) is 6.18 Å². The number of amides is 2. The number of pyridine rings is 1. The van der Waals surface area contributed by atoms with Crippen molar-refractivity contribution in [1.29, 1.82) is 0 Å². The van der Waals surface area contributed by atoms with Crippen molar-refractivity contribution < 1.29 is 27.5 Å². The molecule has 2 amide bonds. The van der Waals surface area contributed by atoms with Gasteiger partial charge in [0.1, 0.15) is 17.2 Å². The Morgan fingerprint density at radius 3 is 2.62 bits per heavy atom. The van der Waals surface area contributed by atoms with Gasteiger partial charge in [0.2, 0.25) is 5.91 Å². The molecule has 2 heterocycles. The monoisotopic (exact) mass is 573 g/mol. The number of hydrogen-bond donors (Lipinski definition) is 3. The SMILES string of the molecule is O=C(/C=C/c1cccc(Oc2ccnc(C(=O)NCCN3CCNCC3)c2)c1)Nc1ccc(Cl)c(C(F)(F)F)c1. The molecule has 210 valence electrons. The quantitative estimate of drug-likeness (QED) is 0.317. The van der Waals surface area contributed by atoms with Gasteiger partial charge in [0.05, 0.1) is 10.6 Å². The summed E-state index contributed by atoms with van der Waals surface area (Å²) in [5.41, 5.74) is -0.237. The summed E-state index contributed by atoms with van der Waals surface area (Å²) in [6, 6.07) is 13.1. The molecule has 4 rings (SSSR count). The van der Waals surface area contributed by atoms with Crippen LogP contribution in [0.25, 0.3) is 6.08 Å². The van der Waals surface area contributed by atoms with E-state index < -0.39 is 22.7 Å². The first-order chi connectivity index (χ1) is 19.2. The Hall–Kier alpha value is -3.93. The number of aromatic nitrogens is 1. The third-order valence-electron chi connectivity index (χ3n) is 5.95. The number of nitrogens with one attached hydrogen (secondary N) is 3. The van der Waals surface area contributed by atoms with Crippen LogP contribution >= 0.6 is 11.6 Å². The van der Waals surface area contributed by atoms with E-state index in [0.29, 0.717) is 23.6 Å².